The molecule has 0 spiro atoms. The van der Waals surface area contributed by atoms with Gasteiger partial charge in [0.05, 0.1) is 18.7 Å². The van der Waals surface area contributed by atoms with Gasteiger partial charge < -0.3 is 15.3 Å². The second-order valence-electron chi connectivity index (χ2n) is 7.21. The van der Waals surface area contributed by atoms with Crippen LogP contribution < -0.4 is 5.32 Å². The number of anilines is 1. The third kappa shape index (κ3) is 7.27. The van der Waals surface area contributed by atoms with Crippen LogP contribution in [0.1, 0.15) is 11.3 Å². The number of hydrogen-bond acceptors (Lipinski definition) is 7. The molecule has 1 unspecified atom stereocenters. The number of alkyl halides is 3. The first-order valence-corrected chi connectivity index (χ1v) is 10.8. The number of aliphatic carboxylic acids is 1. The van der Waals surface area contributed by atoms with Crippen LogP contribution in [-0.4, -0.2) is 60.9 Å². The Hall–Kier alpha value is -3.48. The second kappa shape index (κ2) is 10.9. The van der Waals surface area contributed by atoms with Gasteiger partial charge in [0.1, 0.15) is 0 Å². The number of fused-ring (bicyclic) bond motifs is 1. The van der Waals surface area contributed by atoms with E-state index in [1.165, 1.54) is 0 Å². The minimum absolute atomic E-state index is 0.152. The lowest BCUT2D eigenvalue weighted by molar-refractivity contribution is -0.192. The van der Waals surface area contributed by atoms with Crippen LogP contribution in [0.25, 0.3) is 0 Å². The lowest BCUT2D eigenvalue weighted by Gasteiger charge is -2.24. The van der Waals surface area contributed by atoms with Crippen molar-refractivity contribution in [3.63, 3.8) is 0 Å². The SMILES string of the molecule is O=C(Cc1ccsc1)N1Cc2ccnn2CC(CNc2ncccn2)C1.O=C(O)C(F)(F)F. The number of rotatable bonds is 5. The molecule has 13 heteroatoms. The first kappa shape index (κ1) is 24.2. The maximum atomic E-state index is 12.8. The standard InChI is InChI=1S/C18H20N6OS.C2HF3O2/c25-17(8-14-3-7-26-13-14)23-10-15(9-21-18-19-4-1-5-20-18)11-24-16(12-23)2-6-22-24;3-2(4,5)1(6)7/h1-7,13,15H,8-12H2,(H,19,20,21);(H,6,7). The topological polar surface area (TPSA) is 113 Å². The Balaban J connectivity index is 0.000000383. The van der Waals surface area contributed by atoms with Crippen molar-refractivity contribution >= 4 is 29.2 Å². The molecular weight excluding hydrogens is 461 g/mol. The highest BCUT2D eigenvalue weighted by Crippen LogP contribution is 2.18. The average Bonchev–Trinajstić information content (AvgIpc) is 3.41. The van der Waals surface area contributed by atoms with E-state index < -0.39 is 12.1 Å². The molecule has 0 radical (unpaired) electrons. The van der Waals surface area contributed by atoms with E-state index in [9.17, 15) is 18.0 Å². The Morgan fingerprint density at radius 1 is 1.18 bits per heavy atom. The fraction of sp³-hybridized carbons (Fsp3) is 0.350. The van der Waals surface area contributed by atoms with E-state index in [0.717, 1.165) is 17.8 Å². The molecule has 2 N–H and O–H groups in total. The fourth-order valence-corrected chi connectivity index (χ4v) is 3.83. The number of nitrogens with one attached hydrogen (secondary N) is 1. The predicted octanol–water partition coefficient (Wildman–Crippen LogP) is 2.68. The Morgan fingerprint density at radius 2 is 1.91 bits per heavy atom. The smallest absolute Gasteiger partial charge is 0.475 e. The van der Waals surface area contributed by atoms with Crippen molar-refractivity contribution in [2.75, 3.05) is 18.4 Å². The van der Waals surface area contributed by atoms with Gasteiger partial charge in [-0.15, -0.1) is 0 Å². The van der Waals surface area contributed by atoms with Crippen molar-refractivity contribution in [1.82, 2.24) is 24.6 Å². The number of nitrogens with zero attached hydrogens (tertiary/aromatic N) is 5. The van der Waals surface area contributed by atoms with Crippen molar-refractivity contribution in [3.05, 3.63) is 58.8 Å². The van der Waals surface area contributed by atoms with Crippen molar-refractivity contribution in [1.29, 1.82) is 0 Å². The average molecular weight is 482 g/mol. The molecule has 1 atom stereocenters. The number of carbonyl (C=O) groups is 2. The number of carboxylic acid groups (broad SMARTS) is 1. The maximum absolute atomic E-state index is 12.8. The monoisotopic (exact) mass is 482 g/mol. The zero-order valence-corrected chi connectivity index (χ0v) is 18.1. The number of halogens is 3. The molecule has 4 heterocycles. The highest BCUT2D eigenvalue weighted by molar-refractivity contribution is 7.08. The third-order valence-corrected chi connectivity index (χ3v) is 5.44. The molecule has 3 aromatic heterocycles. The van der Waals surface area contributed by atoms with E-state index in [0.29, 0.717) is 32.0 Å². The summed E-state index contributed by atoms with van der Waals surface area (Å²) in [5.41, 5.74) is 2.15. The van der Waals surface area contributed by atoms with E-state index in [4.69, 9.17) is 9.90 Å². The van der Waals surface area contributed by atoms with E-state index in [-0.39, 0.29) is 11.8 Å². The first-order valence-electron chi connectivity index (χ1n) is 9.83. The van der Waals surface area contributed by atoms with Crippen LogP contribution in [-0.2, 0) is 29.1 Å². The summed E-state index contributed by atoms with van der Waals surface area (Å²) < 4.78 is 33.7. The van der Waals surface area contributed by atoms with Gasteiger partial charge in [-0.25, -0.2) is 14.8 Å². The van der Waals surface area contributed by atoms with Crippen molar-refractivity contribution in [2.24, 2.45) is 5.92 Å². The van der Waals surface area contributed by atoms with Gasteiger partial charge in [0, 0.05) is 44.1 Å². The van der Waals surface area contributed by atoms with Crippen molar-refractivity contribution in [2.45, 2.75) is 25.7 Å². The normalized spacial score (nSPS) is 15.6. The zero-order chi connectivity index (χ0) is 23.8. The maximum Gasteiger partial charge on any atom is 0.490 e. The van der Waals surface area contributed by atoms with Crippen molar-refractivity contribution in [3.8, 4) is 0 Å². The quantitative estimate of drug-likeness (QED) is 0.575. The number of carbonyl (C=O) groups excluding carboxylic acids is 1. The van der Waals surface area contributed by atoms with Crippen LogP contribution in [0.15, 0.2) is 47.5 Å². The van der Waals surface area contributed by atoms with Gasteiger partial charge in [-0.2, -0.15) is 29.6 Å². The molecular formula is C20H21F3N6O3S. The highest BCUT2D eigenvalue weighted by Gasteiger charge is 2.38. The molecule has 1 amide bonds. The lowest BCUT2D eigenvalue weighted by atomic mass is 10.1. The molecule has 0 saturated heterocycles. The first-order chi connectivity index (χ1) is 15.7. The molecule has 0 saturated carbocycles. The number of carboxylic acids is 1. The van der Waals surface area contributed by atoms with Crippen LogP contribution in [0.4, 0.5) is 19.1 Å². The second-order valence-corrected chi connectivity index (χ2v) is 7.99. The predicted molar refractivity (Wildman–Crippen MR) is 113 cm³/mol. The molecule has 3 aromatic rings. The van der Waals surface area contributed by atoms with E-state index >= 15 is 0 Å². The number of aromatic nitrogens is 4. The van der Waals surface area contributed by atoms with Gasteiger partial charge in [-0.3, -0.25) is 9.48 Å². The molecule has 0 fully saturated rings. The third-order valence-electron chi connectivity index (χ3n) is 4.71. The van der Waals surface area contributed by atoms with Gasteiger partial charge in [-0.1, -0.05) is 0 Å². The van der Waals surface area contributed by atoms with Gasteiger partial charge >= 0.3 is 12.1 Å². The molecule has 0 aromatic carbocycles. The van der Waals surface area contributed by atoms with Crippen LogP contribution >= 0.6 is 11.3 Å². The number of thiophene rings is 1. The summed E-state index contributed by atoms with van der Waals surface area (Å²) in [4.78, 5) is 32.1. The van der Waals surface area contributed by atoms with Gasteiger partial charge in [0.2, 0.25) is 11.9 Å². The number of hydrogen-bond donors (Lipinski definition) is 2. The summed E-state index contributed by atoms with van der Waals surface area (Å²) in [5, 5.41) is 18.8. The summed E-state index contributed by atoms with van der Waals surface area (Å²) in [6.45, 7) is 2.74. The highest BCUT2D eigenvalue weighted by atomic mass is 32.1. The zero-order valence-electron chi connectivity index (χ0n) is 17.3. The summed E-state index contributed by atoms with van der Waals surface area (Å²) in [6.07, 6.45) is 0.585. The van der Waals surface area contributed by atoms with Crippen molar-refractivity contribution < 1.29 is 27.9 Å². The van der Waals surface area contributed by atoms with Crippen LogP contribution in [0, 0.1) is 5.92 Å². The molecule has 33 heavy (non-hydrogen) atoms. The molecule has 4 rings (SSSR count). The van der Waals surface area contributed by atoms with Gasteiger partial charge in [0.25, 0.3) is 0 Å². The van der Waals surface area contributed by atoms with E-state index in [1.807, 2.05) is 32.5 Å². The van der Waals surface area contributed by atoms with Crippen LogP contribution in [0.5, 0.6) is 0 Å². The summed E-state index contributed by atoms with van der Waals surface area (Å²) in [5.74, 6) is -1.77. The fourth-order valence-electron chi connectivity index (χ4n) is 3.16. The summed E-state index contributed by atoms with van der Waals surface area (Å²) >= 11 is 1.62. The van der Waals surface area contributed by atoms with E-state index in [1.54, 1.807) is 36.0 Å². The lowest BCUT2D eigenvalue weighted by Crippen LogP contribution is -2.37. The van der Waals surface area contributed by atoms with Crippen LogP contribution in [0.3, 0.4) is 0 Å². The van der Waals surface area contributed by atoms with E-state index in [2.05, 4.69) is 20.4 Å². The molecule has 0 bridgehead atoms. The Labute approximate surface area is 190 Å². The molecule has 1 aliphatic heterocycles. The molecule has 9 nitrogen and oxygen atoms in total. The Morgan fingerprint density at radius 3 is 2.55 bits per heavy atom. The summed E-state index contributed by atoms with van der Waals surface area (Å²) in [6, 6.07) is 5.79. The Kier molecular flexibility index (Phi) is 7.98. The van der Waals surface area contributed by atoms with Gasteiger partial charge in [-0.05, 0) is 34.5 Å². The Bertz CT molecular complexity index is 1040. The largest absolute Gasteiger partial charge is 0.490 e. The molecule has 0 aliphatic carbocycles. The minimum atomic E-state index is -5.08. The minimum Gasteiger partial charge on any atom is -0.475 e. The van der Waals surface area contributed by atoms with Crippen LogP contribution in [0.2, 0.25) is 0 Å². The number of amides is 1. The summed E-state index contributed by atoms with van der Waals surface area (Å²) in [7, 11) is 0. The molecule has 1 aliphatic rings. The molecule has 176 valence electrons. The van der Waals surface area contributed by atoms with Gasteiger partial charge in [0.15, 0.2) is 0 Å².